The number of hydrogen-bond donors (Lipinski definition) is 3. The molecule has 0 bridgehead atoms. The van der Waals surface area contributed by atoms with Crippen molar-refractivity contribution in [1.29, 1.82) is 0 Å². The first-order valence-corrected chi connectivity index (χ1v) is 10.5. The largest absolute Gasteiger partial charge is 0.493 e. The highest BCUT2D eigenvalue weighted by Crippen LogP contribution is 2.29. The number of aliphatic hydroxyl groups excluding tert-OH is 1. The van der Waals surface area contributed by atoms with Crippen LogP contribution < -0.4 is 20.1 Å². The molecule has 0 spiro atoms. The summed E-state index contributed by atoms with van der Waals surface area (Å²) in [6.45, 7) is 3.70. The summed E-state index contributed by atoms with van der Waals surface area (Å²) in [6.07, 6.45) is 5.84. The summed E-state index contributed by atoms with van der Waals surface area (Å²) in [5.41, 5.74) is 1.05. The minimum atomic E-state index is -0.0223. The van der Waals surface area contributed by atoms with Gasteiger partial charge in [-0.2, -0.15) is 11.8 Å². The van der Waals surface area contributed by atoms with Gasteiger partial charge < -0.3 is 25.2 Å². The molecule has 2 unspecified atom stereocenters. The van der Waals surface area contributed by atoms with Crippen molar-refractivity contribution in [2.24, 2.45) is 4.99 Å². The predicted molar refractivity (Wildman–Crippen MR) is 124 cm³/mol. The van der Waals surface area contributed by atoms with Crippen molar-refractivity contribution in [1.82, 2.24) is 10.6 Å². The second-order valence-electron chi connectivity index (χ2n) is 6.26. The molecule has 0 radical (unpaired) electrons. The zero-order valence-corrected chi connectivity index (χ0v) is 19.5. The fourth-order valence-corrected chi connectivity index (χ4v) is 3.85. The Bertz CT molecular complexity index is 589. The third kappa shape index (κ3) is 7.95. The number of ether oxygens (including phenoxy) is 2. The second-order valence-corrected chi connectivity index (χ2v) is 7.40. The summed E-state index contributed by atoms with van der Waals surface area (Å²) in [4.78, 5) is 4.72. The van der Waals surface area contributed by atoms with Crippen LogP contribution in [-0.4, -0.2) is 55.5 Å². The summed E-state index contributed by atoms with van der Waals surface area (Å²) in [5, 5.41) is 16.5. The van der Waals surface area contributed by atoms with Gasteiger partial charge in [0.05, 0.1) is 20.3 Å². The van der Waals surface area contributed by atoms with Crippen molar-refractivity contribution in [2.75, 3.05) is 33.1 Å². The minimum Gasteiger partial charge on any atom is -0.493 e. The number of aliphatic imine (C=N–C) groups is 1. The molecule has 1 fully saturated rings. The van der Waals surface area contributed by atoms with Crippen LogP contribution in [0.15, 0.2) is 23.2 Å². The number of methoxy groups -OCH3 is 1. The van der Waals surface area contributed by atoms with E-state index in [9.17, 15) is 0 Å². The Balaban J connectivity index is 0.00000364. The van der Waals surface area contributed by atoms with E-state index in [1.54, 1.807) is 7.11 Å². The Labute approximate surface area is 183 Å². The zero-order valence-electron chi connectivity index (χ0n) is 16.4. The van der Waals surface area contributed by atoms with E-state index in [0.717, 1.165) is 23.3 Å². The average molecular weight is 509 g/mol. The molecule has 0 saturated heterocycles. The summed E-state index contributed by atoms with van der Waals surface area (Å²) < 4.78 is 10.8. The third-order valence-corrected chi connectivity index (χ3v) is 5.49. The smallest absolute Gasteiger partial charge is 0.191 e. The van der Waals surface area contributed by atoms with Gasteiger partial charge in [-0.3, -0.25) is 0 Å². The van der Waals surface area contributed by atoms with Crippen molar-refractivity contribution in [3.05, 3.63) is 23.8 Å². The maximum Gasteiger partial charge on any atom is 0.191 e. The Kier molecular flexibility index (Phi) is 11.9. The molecule has 1 aliphatic rings. The lowest BCUT2D eigenvalue weighted by atomic mass is 10.2. The van der Waals surface area contributed by atoms with Gasteiger partial charge in [0.1, 0.15) is 6.61 Å². The van der Waals surface area contributed by atoms with E-state index in [2.05, 4.69) is 23.8 Å². The molecule has 0 aliphatic heterocycles. The second kappa shape index (κ2) is 13.3. The van der Waals surface area contributed by atoms with E-state index < -0.39 is 0 Å². The molecule has 0 aromatic heterocycles. The molecule has 2 rings (SSSR count). The van der Waals surface area contributed by atoms with Gasteiger partial charge in [-0.15, -0.1) is 24.0 Å². The molecule has 1 saturated carbocycles. The Morgan fingerprint density at radius 3 is 2.78 bits per heavy atom. The van der Waals surface area contributed by atoms with Crippen LogP contribution in [0.3, 0.4) is 0 Å². The van der Waals surface area contributed by atoms with Crippen LogP contribution in [0.1, 0.15) is 31.7 Å². The summed E-state index contributed by atoms with van der Waals surface area (Å²) >= 11 is 1.96. The summed E-state index contributed by atoms with van der Waals surface area (Å²) in [6, 6.07) is 6.26. The Morgan fingerprint density at radius 1 is 1.33 bits per heavy atom. The zero-order chi connectivity index (χ0) is 18.8. The maximum absolute atomic E-state index is 8.89. The van der Waals surface area contributed by atoms with E-state index in [-0.39, 0.29) is 37.2 Å². The molecule has 1 aromatic rings. The number of nitrogens with zero attached hydrogens (tertiary/aromatic N) is 1. The first-order chi connectivity index (χ1) is 12.7. The van der Waals surface area contributed by atoms with E-state index in [4.69, 9.17) is 19.6 Å². The van der Waals surface area contributed by atoms with Gasteiger partial charge in [0.2, 0.25) is 0 Å². The maximum atomic E-state index is 8.89. The molecule has 1 aromatic carbocycles. The molecule has 154 valence electrons. The van der Waals surface area contributed by atoms with Crippen LogP contribution in [0.25, 0.3) is 0 Å². The standard InChI is InChI=1S/C19H31N3O3S.HI/c1-4-20-19(22-15-6-7-16(12-15)26-3)21-13-14-5-8-17(25-10-9-23)18(11-14)24-2;/h5,8,11,15-16,23H,4,6-7,9-10,12-13H2,1-3H3,(H2,20,21,22);1H. The van der Waals surface area contributed by atoms with Crippen molar-refractivity contribution in [2.45, 2.75) is 44.0 Å². The van der Waals surface area contributed by atoms with E-state index in [1.165, 1.54) is 19.3 Å². The number of thioether (sulfide) groups is 1. The van der Waals surface area contributed by atoms with Crippen LogP contribution in [0.4, 0.5) is 0 Å². The van der Waals surface area contributed by atoms with E-state index in [1.807, 2.05) is 30.0 Å². The van der Waals surface area contributed by atoms with Crippen LogP contribution >= 0.6 is 35.7 Å². The topological polar surface area (TPSA) is 75.1 Å². The highest BCUT2D eigenvalue weighted by molar-refractivity contribution is 14.0. The number of benzene rings is 1. The quantitative estimate of drug-likeness (QED) is 0.270. The van der Waals surface area contributed by atoms with E-state index in [0.29, 0.717) is 24.1 Å². The van der Waals surface area contributed by atoms with Gasteiger partial charge in [-0.25, -0.2) is 4.99 Å². The molecule has 0 heterocycles. The van der Waals surface area contributed by atoms with Crippen LogP contribution in [-0.2, 0) is 6.54 Å². The first kappa shape index (κ1) is 24.2. The molecule has 2 atom stereocenters. The Hall–Kier alpha value is -0.870. The number of hydrogen-bond acceptors (Lipinski definition) is 5. The van der Waals surface area contributed by atoms with Crippen molar-refractivity contribution in [3.63, 3.8) is 0 Å². The van der Waals surface area contributed by atoms with Gasteiger partial charge in [0.15, 0.2) is 17.5 Å². The van der Waals surface area contributed by atoms with Gasteiger partial charge in [0.25, 0.3) is 0 Å². The van der Waals surface area contributed by atoms with Crippen LogP contribution in [0, 0.1) is 0 Å². The number of nitrogens with one attached hydrogen (secondary N) is 2. The monoisotopic (exact) mass is 509 g/mol. The van der Waals surface area contributed by atoms with Crippen LogP contribution in [0.2, 0.25) is 0 Å². The number of halogens is 1. The molecule has 3 N–H and O–H groups in total. The number of guanidine groups is 1. The normalized spacial score (nSPS) is 19.3. The van der Waals surface area contributed by atoms with Crippen molar-refractivity contribution < 1.29 is 14.6 Å². The molecule has 0 amide bonds. The fraction of sp³-hybridized carbons (Fsp3) is 0.632. The average Bonchev–Trinajstić information content (AvgIpc) is 3.12. The number of aliphatic hydroxyl groups is 1. The first-order valence-electron chi connectivity index (χ1n) is 9.18. The summed E-state index contributed by atoms with van der Waals surface area (Å²) in [5.74, 6) is 2.15. The molecule has 27 heavy (non-hydrogen) atoms. The molecule has 6 nitrogen and oxygen atoms in total. The SMILES string of the molecule is CCNC(=NCc1ccc(OCCO)c(OC)c1)NC1CCC(SC)C1.I. The highest BCUT2D eigenvalue weighted by atomic mass is 127. The van der Waals surface area contributed by atoms with Crippen LogP contribution in [0.5, 0.6) is 11.5 Å². The molecule has 8 heteroatoms. The fourth-order valence-electron chi connectivity index (χ4n) is 3.05. The molecule has 1 aliphatic carbocycles. The molecular weight excluding hydrogens is 477 g/mol. The highest BCUT2D eigenvalue weighted by Gasteiger charge is 2.24. The van der Waals surface area contributed by atoms with Gasteiger partial charge in [-0.1, -0.05) is 6.07 Å². The third-order valence-electron chi connectivity index (χ3n) is 4.40. The van der Waals surface area contributed by atoms with Crippen molar-refractivity contribution in [3.8, 4) is 11.5 Å². The number of rotatable bonds is 9. The van der Waals surface area contributed by atoms with E-state index >= 15 is 0 Å². The Morgan fingerprint density at radius 2 is 2.15 bits per heavy atom. The lowest BCUT2D eigenvalue weighted by Crippen LogP contribution is -2.42. The predicted octanol–water partition coefficient (Wildman–Crippen LogP) is 3.02. The van der Waals surface area contributed by atoms with Gasteiger partial charge >= 0.3 is 0 Å². The van der Waals surface area contributed by atoms with Gasteiger partial charge in [-0.05, 0) is 50.1 Å². The summed E-state index contributed by atoms with van der Waals surface area (Å²) in [7, 11) is 1.61. The lowest BCUT2D eigenvalue weighted by molar-refractivity contribution is 0.196. The molecular formula is C19H32IN3O3S. The van der Waals surface area contributed by atoms with Gasteiger partial charge in [0, 0.05) is 17.8 Å². The minimum absolute atomic E-state index is 0. The lowest BCUT2D eigenvalue weighted by Gasteiger charge is -2.17. The van der Waals surface area contributed by atoms with Crippen molar-refractivity contribution >= 4 is 41.7 Å².